The van der Waals surface area contributed by atoms with Gasteiger partial charge in [0.2, 0.25) is 5.88 Å². The molecule has 78 valence electrons. The van der Waals surface area contributed by atoms with Crippen LogP contribution < -0.4 is 9.64 Å². The summed E-state index contributed by atoms with van der Waals surface area (Å²) in [5.74, 6) is 0.712. The van der Waals surface area contributed by atoms with Crippen molar-refractivity contribution in [3.63, 3.8) is 0 Å². The van der Waals surface area contributed by atoms with Crippen molar-refractivity contribution in [2.45, 2.75) is 20.3 Å². The van der Waals surface area contributed by atoms with Crippen LogP contribution in [0.15, 0.2) is 12.3 Å². The number of hydrogen-bond acceptors (Lipinski definition) is 3. The van der Waals surface area contributed by atoms with Gasteiger partial charge in [-0.05, 0) is 12.0 Å². The largest absolute Gasteiger partial charge is 0.481 e. The van der Waals surface area contributed by atoms with Crippen LogP contribution in [0.25, 0.3) is 0 Å². The summed E-state index contributed by atoms with van der Waals surface area (Å²) in [5.41, 5.74) is 2.57. The molecule has 0 fully saturated rings. The first-order valence-electron chi connectivity index (χ1n) is 5.05. The fourth-order valence-electron chi connectivity index (χ4n) is 1.53. The van der Waals surface area contributed by atoms with Crippen LogP contribution in [0.2, 0.25) is 0 Å². The Balaban J connectivity index is 0.000000461. The first-order chi connectivity index (χ1) is 6.81. The van der Waals surface area contributed by atoms with E-state index in [4.69, 9.17) is 4.74 Å². The van der Waals surface area contributed by atoms with E-state index in [-0.39, 0.29) is 0 Å². The molecule has 0 spiro atoms. The molecule has 0 bridgehead atoms. The third-order valence-electron chi connectivity index (χ3n) is 2.28. The molecule has 0 unspecified atom stereocenters. The van der Waals surface area contributed by atoms with E-state index in [1.807, 2.05) is 26.1 Å². The predicted octanol–water partition coefficient (Wildman–Crippen LogP) is 2.11. The highest BCUT2D eigenvalue weighted by Crippen LogP contribution is 2.27. The number of ether oxygens (including phenoxy) is 1. The van der Waals surface area contributed by atoms with E-state index in [0.29, 0.717) is 5.88 Å². The van der Waals surface area contributed by atoms with E-state index in [0.717, 1.165) is 13.0 Å². The van der Waals surface area contributed by atoms with E-state index in [1.54, 1.807) is 7.11 Å². The molecule has 0 amide bonds. The van der Waals surface area contributed by atoms with Crippen LogP contribution in [-0.4, -0.2) is 25.7 Å². The number of aromatic nitrogens is 1. The van der Waals surface area contributed by atoms with Crippen LogP contribution in [0.3, 0.4) is 0 Å². The first kappa shape index (κ1) is 10.8. The van der Waals surface area contributed by atoms with Crippen molar-refractivity contribution < 1.29 is 4.74 Å². The fourth-order valence-corrected chi connectivity index (χ4v) is 1.53. The SMILES string of the molecule is CC.COc1cc2c(cn1)N(C)CC2. The normalized spacial score (nSPS) is 13.0. The molecule has 3 nitrogen and oxygen atoms in total. The Morgan fingerprint density at radius 2 is 2.14 bits per heavy atom. The Labute approximate surface area is 85.7 Å². The molecule has 0 aliphatic carbocycles. The molecule has 1 aliphatic heterocycles. The number of fused-ring (bicyclic) bond motifs is 1. The van der Waals surface area contributed by atoms with Crippen molar-refractivity contribution in [3.05, 3.63) is 17.8 Å². The summed E-state index contributed by atoms with van der Waals surface area (Å²) in [4.78, 5) is 6.37. The number of nitrogens with zero attached hydrogens (tertiary/aromatic N) is 2. The van der Waals surface area contributed by atoms with Gasteiger partial charge >= 0.3 is 0 Å². The molecule has 2 rings (SSSR count). The van der Waals surface area contributed by atoms with E-state index in [9.17, 15) is 0 Å². The van der Waals surface area contributed by atoms with Crippen molar-refractivity contribution >= 4 is 5.69 Å². The molecule has 0 radical (unpaired) electrons. The Morgan fingerprint density at radius 3 is 2.79 bits per heavy atom. The molecular weight excluding hydrogens is 176 g/mol. The number of rotatable bonds is 1. The lowest BCUT2D eigenvalue weighted by molar-refractivity contribution is 0.397. The molecule has 0 atom stereocenters. The molecule has 1 aromatic heterocycles. The van der Waals surface area contributed by atoms with E-state index in [1.165, 1.54) is 11.3 Å². The summed E-state index contributed by atoms with van der Waals surface area (Å²) in [5, 5.41) is 0. The number of hydrogen-bond donors (Lipinski definition) is 0. The lowest BCUT2D eigenvalue weighted by atomic mass is 10.2. The minimum absolute atomic E-state index is 0.712. The highest BCUT2D eigenvalue weighted by atomic mass is 16.5. The maximum Gasteiger partial charge on any atom is 0.213 e. The molecule has 3 heteroatoms. The molecule has 0 saturated carbocycles. The molecule has 2 heterocycles. The van der Waals surface area contributed by atoms with E-state index < -0.39 is 0 Å². The summed E-state index contributed by atoms with van der Waals surface area (Å²) in [7, 11) is 3.73. The van der Waals surface area contributed by atoms with E-state index >= 15 is 0 Å². The molecular formula is C11H18N2O. The number of anilines is 1. The van der Waals surface area contributed by atoms with Crippen molar-refractivity contribution in [2.75, 3.05) is 25.6 Å². The highest BCUT2D eigenvalue weighted by molar-refractivity contribution is 5.56. The standard InChI is InChI=1S/C9H12N2O.C2H6/c1-11-4-3-7-5-9(12-2)10-6-8(7)11;1-2/h5-6H,3-4H2,1-2H3;1-2H3. The van der Waals surface area contributed by atoms with Gasteiger partial charge in [0.05, 0.1) is 19.0 Å². The average molecular weight is 194 g/mol. The number of pyridine rings is 1. The van der Waals surface area contributed by atoms with Gasteiger partial charge in [0.25, 0.3) is 0 Å². The first-order valence-corrected chi connectivity index (χ1v) is 5.05. The smallest absolute Gasteiger partial charge is 0.213 e. The topological polar surface area (TPSA) is 25.4 Å². The zero-order valence-electron chi connectivity index (χ0n) is 9.37. The summed E-state index contributed by atoms with van der Waals surface area (Å²) >= 11 is 0. The van der Waals surface area contributed by atoms with Crippen LogP contribution >= 0.6 is 0 Å². The van der Waals surface area contributed by atoms with Crippen LogP contribution in [0.5, 0.6) is 5.88 Å². The molecule has 0 aromatic carbocycles. The lowest BCUT2D eigenvalue weighted by Gasteiger charge is -2.10. The maximum atomic E-state index is 5.05. The number of methoxy groups -OCH3 is 1. The minimum Gasteiger partial charge on any atom is -0.481 e. The van der Waals surface area contributed by atoms with Gasteiger partial charge in [-0.15, -0.1) is 0 Å². The predicted molar refractivity (Wildman–Crippen MR) is 59.1 cm³/mol. The Bertz CT molecular complexity index is 299. The quantitative estimate of drug-likeness (QED) is 0.684. The molecule has 1 aromatic rings. The van der Waals surface area contributed by atoms with Crippen LogP contribution in [0.1, 0.15) is 19.4 Å². The molecule has 1 aliphatic rings. The van der Waals surface area contributed by atoms with E-state index in [2.05, 4.69) is 16.9 Å². The Kier molecular flexibility index (Phi) is 3.74. The molecule has 0 saturated heterocycles. The minimum atomic E-state index is 0.712. The zero-order valence-corrected chi connectivity index (χ0v) is 9.37. The van der Waals surface area contributed by atoms with Crippen molar-refractivity contribution in [1.82, 2.24) is 4.98 Å². The Morgan fingerprint density at radius 1 is 1.43 bits per heavy atom. The van der Waals surface area contributed by atoms with Gasteiger partial charge in [0.1, 0.15) is 0 Å². The monoisotopic (exact) mass is 194 g/mol. The van der Waals surface area contributed by atoms with Gasteiger partial charge in [-0.25, -0.2) is 4.98 Å². The summed E-state index contributed by atoms with van der Waals surface area (Å²) in [6.07, 6.45) is 2.98. The van der Waals surface area contributed by atoms with Gasteiger partial charge in [0, 0.05) is 19.7 Å². The summed E-state index contributed by atoms with van der Waals surface area (Å²) < 4.78 is 5.05. The number of likely N-dealkylation sites (N-methyl/N-ethyl adjacent to an activating group) is 1. The third kappa shape index (κ3) is 1.97. The summed E-state index contributed by atoms with van der Waals surface area (Å²) in [6.45, 7) is 5.09. The van der Waals surface area contributed by atoms with Crippen molar-refractivity contribution in [1.29, 1.82) is 0 Å². The molecule has 14 heavy (non-hydrogen) atoms. The molecule has 0 N–H and O–H groups in total. The summed E-state index contributed by atoms with van der Waals surface area (Å²) in [6, 6.07) is 2.01. The van der Waals surface area contributed by atoms with Crippen LogP contribution in [0.4, 0.5) is 5.69 Å². The van der Waals surface area contributed by atoms with Gasteiger partial charge in [0.15, 0.2) is 0 Å². The van der Waals surface area contributed by atoms with Gasteiger partial charge in [-0.3, -0.25) is 0 Å². The van der Waals surface area contributed by atoms with Gasteiger partial charge in [-0.2, -0.15) is 0 Å². The third-order valence-corrected chi connectivity index (χ3v) is 2.28. The van der Waals surface area contributed by atoms with Crippen LogP contribution in [0, 0.1) is 0 Å². The average Bonchev–Trinajstić information content (AvgIpc) is 2.63. The Hall–Kier alpha value is -1.25. The highest BCUT2D eigenvalue weighted by Gasteiger charge is 2.16. The van der Waals surface area contributed by atoms with Gasteiger partial charge < -0.3 is 9.64 Å². The second-order valence-electron chi connectivity index (χ2n) is 3.03. The lowest BCUT2D eigenvalue weighted by Crippen LogP contribution is -2.12. The zero-order chi connectivity index (χ0) is 10.6. The van der Waals surface area contributed by atoms with Gasteiger partial charge in [-0.1, -0.05) is 13.8 Å². The maximum absolute atomic E-state index is 5.05. The van der Waals surface area contributed by atoms with Crippen LogP contribution in [-0.2, 0) is 6.42 Å². The second-order valence-corrected chi connectivity index (χ2v) is 3.03. The fraction of sp³-hybridized carbons (Fsp3) is 0.545. The second kappa shape index (κ2) is 4.84. The van der Waals surface area contributed by atoms with Crippen molar-refractivity contribution in [3.8, 4) is 5.88 Å². The van der Waals surface area contributed by atoms with Crippen molar-refractivity contribution in [2.24, 2.45) is 0 Å².